The predicted octanol–water partition coefficient (Wildman–Crippen LogP) is 3.96. The van der Waals surface area contributed by atoms with Gasteiger partial charge in [-0.15, -0.1) is 0 Å². The van der Waals surface area contributed by atoms with Crippen LogP contribution in [-0.4, -0.2) is 15.7 Å². The Morgan fingerprint density at radius 2 is 1.91 bits per heavy atom. The Morgan fingerprint density at radius 3 is 2.48 bits per heavy atom. The predicted molar refractivity (Wildman–Crippen MR) is 79.1 cm³/mol. The third-order valence-electron chi connectivity index (χ3n) is 3.98. The minimum absolute atomic E-state index is 0.0744. The van der Waals surface area contributed by atoms with Crippen molar-refractivity contribution in [2.75, 3.05) is 5.32 Å². The van der Waals surface area contributed by atoms with Gasteiger partial charge in [0.25, 0.3) is 0 Å². The molecule has 7 heteroatoms. The van der Waals surface area contributed by atoms with Crippen LogP contribution in [0.4, 0.5) is 19.0 Å². The first kappa shape index (κ1) is 15.6. The summed E-state index contributed by atoms with van der Waals surface area (Å²) in [5, 5.41) is 7.09. The van der Waals surface area contributed by atoms with Gasteiger partial charge in [0.15, 0.2) is 0 Å². The molecule has 1 aromatic heterocycles. The van der Waals surface area contributed by atoms with Crippen molar-refractivity contribution in [3.8, 4) is 0 Å². The summed E-state index contributed by atoms with van der Waals surface area (Å²) in [7, 11) is 0. The van der Waals surface area contributed by atoms with Crippen molar-refractivity contribution in [2.24, 2.45) is 0 Å². The molecule has 0 saturated heterocycles. The van der Waals surface area contributed by atoms with E-state index >= 15 is 0 Å². The second-order valence-electron chi connectivity index (χ2n) is 5.91. The number of carbonyl (C=O) groups excluding carboxylic acids is 1. The lowest BCUT2D eigenvalue weighted by Crippen LogP contribution is -2.25. The number of hydrogen-bond donors (Lipinski definition) is 1. The number of fused-ring (bicyclic) bond motifs is 1. The van der Waals surface area contributed by atoms with E-state index in [2.05, 4.69) is 10.4 Å². The fourth-order valence-corrected chi connectivity index (χ4v) is 2.83. The quantitative estimate of drug-likeness (QED) is 0.909. The first-order valence-corrected chi connectivity index (χ1v) is 7.31. The minimum atomic E-state index is -4.36. The summed E-state index contributed by atoms with van der Waals surface area (Å²) in [6, 6.07) is 5.04. The Morgan fingerprint density at radius 1 is 1.26 bits per heavy atom. The van der Waals surface area contributed by atoms with E-state index in [0.717, 1.165) is 17.7 Å². The number of alkyl halides is 3. The van der Waals surface area contributed by atoms with E-state index in [-0.39, 0.29) is 24.3 Å². The number of hydrogen-bond acceptors (Lipinski definition) is 2. The monoisotopic (exact) mass is 323 g/mol. The fraction of sp³-hybridized carbons (Fsp3) is 0.375. The first-order valence-electron chi connectivity index (χ1n) is 7.31. The van der Waals surface area contributed by atoms with Crippen LogP contribution in [0, 0.1) is 0 Å². The molecule has 0 unspecified atom stereocenters. The number of aromatic nitrogens is 2. The number of halogens is 3. The van der Waals surface area contributed by atoms with Crippen molar-refractivity contribution >= 4 is 11.7 Å². The number of nitrogens with zero attached hydrogens (tertiary/aromatic N) is 2. The van der Waals surface area contributed by atoms with Gasteiger partial charge in [0, 0.05) is 23.9 Å². The normalized spacial score (nSPS) is 18.0. The Balaban J connectivity index is 2.00. The molecule has 2 aromatic rings. The van der Waals surface area contributed by atoms with Gasteiger partial charge >= 0.3 is 6.18 Å². The fourth-order valence-electron chi connectivity index (χ4n) is 2.83. The molecular formula is C16H16F3N3O. The SMILES string of the molecule is CC(C)n1ncc2c1NC(=O)C[C@@H]2c1ccc(C(F)(F)F)cc1. The molecule has 0 spiro atoms. The van der Waals surface area contributed by atoms with Crippen LogP contribution in [0.1, 0.15) is 48.9 Å². The summed E-state index contributed by atoms with van der Waals surface area (Å²) in [5.41, 5.74) is 0.815. The van der Waals surface area contributed by atoms with Gasteiger partial charge in [0.1, 0.15) is 5.82 Å². The molecule has 1 amide bonds. The third kappa shape index (κ3) is 2.83. The van der Waals surface area contributed by atoms with Gasteiger partial charge in [-0.1, -0.05) is 12.1 Å². The molecule has 1 atom stereocenters. The zero-order valence-electron chi connectivity index (χ0n) is 12.7. The average Bonchev–Trinajstić information content (AvgIpc) is 2.89. The van der Waals surface area contributed by atoms with Crippen LogP contribution in [0.2, 0.25) is 0 Å². The lowest BCUT2D eigenvalue weighted by atomic mass is 9.87. The number of rotatable bonds is 2. The molecule has 1 aromatic carbocycles. The standard InChI is InChI=1S/C16H16F3N3O/c1-9(2)22-15-13(8-20-22)12(7-14(23)21-15)10-3-5-11(6-4-10)16(17,18)19/h3-6,8-9,12H,7H2,1-2H3,(H,21,23)/t12-/m1/s1. The Hall–Kier alpha value is -2.31. The molecule has 0 aliphatic carbocycles. The van der Waals surface area contributed by atoms with Crippen LogP contribution < -0.4 is 5.32 Å². The van der Waals surface area contributed by atoms with Gasteiger partial charge in [-0.3, -0.25) is 4.79 Å². The first-order chi connectivity index (χ1) is 10.8. The highest BCUT2D eigenvalue weighted by Gasteiger charge is 2.33. The van der Waals surface area contributed by atoms with Crippen LogP contribution >= 0.6 is 0 Å². The maximum atomic E-state index is 12.7. The topological polar surface area (TPSA) is 46.9 Å². The Bertz CT molecular complexity index is 732. The summed E-state index contributed by atoms with van der Waals surface area (Å²) in [4.78, 5) is 12.0. The molecule has 4 nitrogen and oxygen atoms in total. The Kier molecular flexibility index (Phi) is 3.66. The molecule has 23 heavy (non-hydrogen) atoms. The zero-order chi connectivity index (χ0) is 16.8. The van der Waals surface area contributed by atoms with Crippen molar-refractivity contribution in [3.05, 3.63) is 47.2 Å². The van der Waals surface area contributed by atoms with Crippen molar-refractivity contribution in [1.82, 2.24) is 9.78 Å². The molecule has 0 saturated carbocycles. The van der Waals surface area contributed by atoms with Crippen LogP contribution in [0.5, 0.6) is 0 Å². The number of benzene rings is 1. The molecule has 1 N–H and O–H groups in total. The zero-order valence-corrected chi connectivity index (χ0v) is 12.7. The van der Waals surface area contributed by atoms with Gasteiger partial charge in [0.05, 0.1) is 11.8 Å². The molecule has 1 aliphatic heterocycles. The van der Waals surface area contributed by atoms with Crippen molar-refractivity contribution in [1.29, 1.82) is 0 Å². The van der Waals surface area contributed by atoms with Crippen molar-refractivity contribution < 1.29 is 18.0 Å². The summed E-state index contributed by atoms with van der Waals surface area (Å²) in [5.74, 6) is 0.180. The number of carbonyl (C=O) groups is 1. The van der Waals surface area contributed by atoms with E-state index < -0.39 is 11.7 Å². The van der Waals surface area contributed by atoms with Crippen molar-refractivity contribution in [3.63, 3.8) is 0 Å². The van der Waals surface area contributed by atoms with E-state index in [1.165, 1.54) is 12.1 Å². The highest BCUT2D eigenvalue weighted by Crippen LogP contribution is 2.39. The number of anilines is 1. The average molecular weight is 323 g/mol. The van der Waals surface area contributed by atoms with Gasteiger partial charge < -0.3 is 5.32 Å². The molecule has 1 aliphatic rings. The summed E-state index contributed by atoms with van der Waals surface area (Å²) in [6.45, 7) is 3.89. The van der Waals surface area contributed by atoms with Crippen LogP contribution in [0.25, 0.3) is 0 Å². The van der Waals surface area contributed by atoms with Gasteiger partial charge in [-0.05, 0) is 31.5 Å². The molecule has 0 radical (unpaired) electrons. The van der Waals surface area contributed by atoms with Crippen LogP contribution in [-0.2, 0) is 11.0 Å². The molecule has 2 heterocycles. The van der Waals surface area contributed by atoms with Crippen LogP contribution in [0.3, 0.4) is 0 Å². The molecule has 122 valence electrons. The minimum Gasteiger partial charge on any atom is -0.311 e. The van der Waals surface area contributed by atoms with E-state index in [1.807, 2.05) is 13.8 Å². The van der Waals surface area contributed by atoms with Gasteiger partial charge in [-0.2, -0.15) is 18.3 Å². The van der Waals surface area contributed by atoms with E-state index in [4.69, 9.17) is 0 Å². The maximum absolute atomic E-state index is 12.7. The highest BCUT2D eigenvalue weighted by atomic mass is 19.4. The van der Waals surface area contributed by atoms with Crippen molar-refractivity contribution in [2.45, 2.75) is 38.4 Å². The largest absolute Gasteiger partial charge is 0.416 e. The molecular weight excluding hydrogens is 307 g/mol. The summed E-state index contributed by atoms with van der Waals surface area (Å²) >= 11 is 0. The van der Waals surface area contributed by atoms with E-state index in [9.17, 15) is 18.0 Å². The van der Waals surface area contributed by atoms with E-state index in [0.29, 0.717) is 11.4 Å². The smallest absolute Gasteiger partial charge is 0.311 e. The number of nitrogens with one attached hydrogen (secondary N) is 1. The van der Waals surface area contributed by atoms with E-state index in [1.54, 1.807) is 10.9 Å². The second kappa shape index (κ2) is 5.40. The summed E-state index contributed by atoms with van der Waals surface area (Å²) < 4.78 is 39.7. The molecule has 0 fully saturated rings. The maximum Gasteiger partial charge on any atom is 0.416 e. The lowest BCUT2D eigenvalue weighted by Gasteiger charge is -2.24. The van der Waals surface area contributed by atoms with Gasteiger partial charge in [0.2, 0.25) is 5.91 Å². The molecule has 3 rings (SSSR count). The lowest BCUT2D eigenvalue weighted by molar-refractivity contribution is -0.137. The summed E-state index contributed by atoms with van der Waals surface area (Å²) in [6.07, 6.45) is -2.49. The molecule has 0 bridgehead atoms. The highest BCUT2D eigenvalue weighted by molar-refractivity contribution is 5.94. The van der Waals surface area contributed by atoms with Crippen LogP contribution in [0.15, 0.2) is 30.5 Å². The second-order valence-corrected chi connectivity index (χ2v) is 5.91. The van der Waals surface area contributed by atoms with Gasteiger partial charge in [-0.25, -0.2) is 4.68 Å². The number of amides is 1. The third-order valence-corrected chi connectivity index (χ3v) is 3.98. The Labute approximate surface area is 131 Å².